The number of likely N-dealkylation sites (N-methyl/N-ethyl adjacent to an activating group) is 1. The Morgan fingerprint density at radius 3 is 2.38 bits per heavy atom. The smallest absolute Gasteiger partial charge is 0.251 e. The van der Waals surface area contributed by atoms with Crippen LogP contribution in [-0.2, 0) is 10.0 Å². The molecule has 1 aromatic carbocycles. The first kappa shape index (κ1) is 18.6. The minimum absolute atomic E-state index is 0.0371. The molecule has 0 spiro atoms. The van der Waals surface area contributed by atoms with Gasteiger partial charge in [0, 0.05) is 24.0 Å². The highest BCUT2D eigenvalue weighted by molar-refractivity contribution is 7.89. The summed E-state index contributed by atoms with van der Waals surface area (Å²) in [4.78, 5) is 14.7. The zero-order valence-electron chi connectivity index (χ0n) is 13.8. The zero-order valence-corrected chi connectivity index (χ0v) is 15.4. The largest absolute Gasteiger partial charge is 0.355 e. The molecule has 130 valence electrons. The van der Waals surface area contributed by atoms with Gasteiger partial charge in [-0.05, 0) is 49.8 Å². The minimum Gasteiger partial charge on any atom is -0.355 e. The second-order valence-electron chi connectivity index (χ2n) is 5.45. The molecule has 0 aliphatic rings. The van der Waals surface area contributed by atoms with Crippen molar-refractivity contribution in [1.82, 2.24) is 14.9 Å². The number of amides is 1. The summed E-state index contributed by atoms with van der Waals surface area (Å²) in [5.74, 6) is -0.253. The van der Waals surface area contributed by atoms with E-state index in [1.165, 1.54) is 31.3 Å². The molecule has 0 bridgehead atoms. The lowest BCUT2D eigenvalue weighted by molar-refractivity contribution is 0.0963. The van der Waals surface area contributed by atoms with Crippen molar-refractivity contribution in [2.75, 3.05) is 27.7 Å². The Bertz CT molecular complexity index is 769. The fraction of sp³-hybridized carbons (Fsp3) is 0.312. The Kier molecular flexibility index (Phi) is 6.11. The Morgan fingerprint density at radius 1 is 1.21 bits per heavy atom. The van der Waals surface area contributed by atoms with Crippen molar-refractivity contribution in [3.63, 3.8) is 0 Å². The molecule has 0 radical (unpaired) electrons. The van der Waals surface area contributed by atoms with Crippen LogP contribution in [-0.4, -0.2) is 46.9 Å². The molecular weight excluding hydrogens is 346 g/mol. The monoisotopic (exact) mass is 367 g/mol. The molecule has 2 N–H and O–H groups in total. The summed E-state index contributed by atoms with van der Waals surface area (Å²) in [5.41, 5.74) is 0.418. The highest BCUT2D eigenvalue weighted by atomic mass is 32.2. The van der Waals surface area contributed by atoms with E-state index < -0.39 is 10.0 Å². The molecule has 0 aliphatic heterocycles. The summed E-state index contributed by atoms with van der Waals surface area (Å²) in [6.45, 7) is 0.271. The third-order valence-electron chi connectivity index (χ3n) is 3.62. The summed E-state index contributed by atoms with van der Waals surface area (Å²) in [6.07, 6.45) is 0. The first-order valence-corrected chi connectivity index (χ1v) is 9.73. The second kappa shape index (κ2) is 7.89. The van der Waals surface area contributed by atoms with Gasteiger partial charge >= 0.3 is 0 Å². The van der Waals surface area contributed by atoms with Gasteiger partial charge in [0.25, 0.3) is 5.91 Å². The van der Waals surface area contributed by atoms with Gasteiger partial charge < -0.3 is 10.2 Å². The summed E-state index contributed by atoms with van der Waals surface area (Å²) in [6, 6.07) is 9.76. The van der Waals surface area contributed by atoms with Crippen molar-refractivity contribution < 1.29 is 13.2 Å². The van der Waals surface area contributed by atoms with Gasteiger partial charge in [0.05, 0.1) is 10.9 Å². The van der Waals surface area contributed by atoms with Gasteiger partial charge in [0.2, 0.25) is 10.0 Å². The SMILES string of the molecule is CNC(=O)c1ccc(S(=O)(=O)NC[C@@H](c2cccs2)N(C)C)cc1. The standard InChI is InChI=1S/C16H21N3O3S2/c1-17-16(20)12-6-8-13(9-7-12)24(21,22)18-11-14(19(2)3)15-5-4-10-23-15/h4-10,14,18H,11H2,1-3H3,(H,17,20)/t14-/m0/s1. The molecule has 0 fully saturated rings. The molecule has 24 heavy (non-hydrogen) atoms. The van der Waals surface area contributed by atoms with E-state index in [1.807, 2.05) is 36.5 Å². The molecule has 0 saturated heterocycles. The predicted octanol–water partition coefficient (Wildman–Crippen LogP) is 1.69. The average molecular weight is 367 g/mol. The maximum atomic E-state index is 12.5. The molecule has 2 rings (SSSR count). The van der Waals surface area contributed by atoms with Crippen LogP contribution >= 0.6 is 11.3 Å². The van der Waals surface area contributed by atoms with Crippen molar-refractivity contribution in [2.24, 2.45) is 0 Å². The number of carbonyl (C=O) groups is 1. The Morgan fingerprint density at radius 2 is 1.88 bits per heavy atom. The van der Waals surface area contributed by atoms with Crippen LogP contribution in [0.2, 0.25) is 0 Å². The Balaban J connectivity index is 2.11. The van der Waals surface area contributed by atoms with Crippen molar-refractivity contribution in [1.29, 1.82) is 0 Å². The van der Waals surface area contributed by atoms with Gasteiger partial charge in [0.1, 0.15) is 0 Å². The summed E-state index contributed by atoms with van der Waals surface area (Å²) >= 11 is 1.59. The minimum atomic E-state index is -3.63. The van der Waals surface area contributed by atoms with Crippen molar-refractivity contribution in [3.8, 4) is 0 Å². The molecule has 8 heteroatoms. The van der Waals surface area contributed by atoms with E-state index in [0.29, 0.717) is 5.56 Å². The van der Waals surface area contributed by atoms with E-state index in [1.54, 1.807) is 11.3 Å². The molecule has 1 aromatic heterocycles. The third kappa shape index (κ3) is 4.41. The number of hydrogen-bond acceptors (Lipinski definition) is 5. The fourth-order valence-electron chi connectivity index (χ4n) is 2.22. The number of hydrogen-bond donors (Lipinski definition) is 2. The third-order valence-corrected chi connectivity index (χ3v) is 6.03. The van der Waals surface area contributed by atoms with Crippen LogP contribution in [0.5, 0.6) is 0 Å². The zero-order chi connectivity index (χ0) is 17.7. The van der Waals surface area contributed by atoms with Crippen LogP contribution in [0.15, 0.2) is 46.7 Å². The van der Waals surface area contributed by atoms with Gasteiger partial charge in [0.15, 0.2) is 0 Å². The van der Waals surface area contributed by atoms with Crippen LogP contribution in [0.1, 0.15) is 21.3 Å². The lowest BCUT2D eigenvalue weighted by atomic mass is 10.2. The van der Waals surface area contributed by atoms with Crippen molar-refractivity contribution in [2.45, 2.75) is 10.9 Å². The molecule has 6 nitrogen and oxygen atoms in total. The number of nitrogens with zero attached hydrogens (tertiary/aromatic N) is 1. The average Bonchev–Trinajstić information content (AvgIpc) is 3.08. The maximum Gasteiger partial charge on any atom is 0.251 e. The first-order chi connectivity index (χ1) is 11.3. The van der Waals surface area contributed by atoms with Crippen LogP contribution in [0.3, 0.4) is 0 Å². The normalized spacial score (nSPS) is 13.0. The molecule has 1 heterocycles. The molecule has 1 atom stereocenters. The highest BCUT2D eigenvalue weighted by Gasteiger charge is 2.20. The van der Waals surface area contributed by atoms with E-state index in [-0.39, 0.29) is 23.4 Å². The lowest BCUT2D eigenvalue weighted by Gasteiger charge is -2.23. The number of carbonyl (C=O) groups excluding carboxylic acids is 1. The Hall–Kier alpha value is -1.74. The van der Waals surface area contributed by atoms with Gasteiger partial charge in [-0.15, -0.1) is 11.3 Å². The van der Waals surface area contributed by atoms with E-state index in [9.17, 15) is 13.2 Å². The quantitative estimate of drug-likeness (QED) is 0.781. The van der Waals surface area contributed by atoms with Crippen LogP contribution in [0.4, 0.5) is 0 Å². The van der Waals surface area contributed by atoms with Crippen LogP contribution in [0, 0.1) is 0 Å². The van der Waals surface area contributed by atoms with Crippen molar-refractivity contribution in [3.05, 3.63) is 52.2 Å². The molecule has 0 unspecified atom stereocenters. The predicted molar refractivity (Wildman–Crippen MR) is 95.8 cm³/mol. The van der Waals surface area contributed by atoms with E-state index >= 15 is 0 Å². The van der Waals surface area contributed by atoms with Gasteiger partial charge in [-0.1, -0.05) is 6.07 Å². The lowest BCUT2D eigenvalue weighted by Crippen LogP contribution is -2.34. The Labute approximate surface area is 146 Å². The molecule has 1 amide bonds. The summed E-state index contributed by atoms with van der Waals surface area (Å²) < 4.78 is 27.5. The topological polar surface area (TPSA) is 78.5 Å². The van der Waals surface area contributed by atoms with Gasteiger partial charge in [-0.2, -0.15) is 0 Å². The van der Waals surface area contributed by atoms with Gasteiger partial charge in [-0.25, -0.2) is 13.1 Å². The summed E-state index contributed by atoms with van der Waals surface area (Å²) in [5, 5.41) is 4.47. The first-order valence-electron chi connectivity index (χ1n) is 7.37. The summed E-state index contributed by atoms with van der Waals surface area (Å²) in [7, 11) is 1.72. The molecule has 0 saturated carbocycles. The number of rotatable bonds is 7. The number of sulfonamides is 1. The van der Waals surface area contributed by atoms with Crippen LogP contribution in [0.25, 0.3) is 0 Å². The maximum absolute atomic E-state index is 12.5. The van der Waals surface area contributed by atoms with E-state index in [4.69, 9.17) is 0 Å². The molecular formula is C16H21N3O3S2. The highest BCUT2D eigenvalue weighted by Crippen LogP contribution is 2.23. The number of thiophene rings is 1. The second-order valence-corrected chi connectivity index (χ2v) is 8.20. The number of nitrogens with one attached hydrogen (secondary N) is 2. The van der Waals surface area contributed by atoms with Crippen molar-refractivity contribution >= 4 is 27.3 Å². The van der Waals surface area contributed by atoms with E-state index in [0.717, 1.165) is 4.88 Å². The van der Waals surface area contributed by atoms with Crippen LogP contribution < -0.4 is 10.0 Å². The molecule has 2 aromatic rings. The van der Waals surface area contributed by atoms with E-state index in [2.05, 4.69) is 10.0 Å². The molecule has 0 aliphatic carbocycles. The fourth-order valence-corrected chi connectivity index (χ4v) is 4.18. The number of benzene rings is 1. The van der Waals surface area contributed by atoms with Gasteiger partial charge in [-0.3, -0.25) is 4.79 Å².